The number of allylic oxidation sites excluding steroid dienone is 2. The van der Waals surface area contributed by atoms with Crippen molar-refractivity contribution >= 4 is 5.57 Å². The molecule has 1 saturated carbocycles. The number of hydrogen-bond acceptors (Lipinski definition) is 1. The van der Waals surface area contributed by atoms with Gasteiger partial charge in [0.05, 0.1) is 0 Å². The molecular formula is C32H45N. The Hall–Kier alpha value is -1.89. The van der Waals surface area contributed by atoms with E-state index in [4.69, 9.17) is 4.98 Å². The molecule has 0 spiro atoms. The van der Waals surface area contributed by atoms with Gasteiger partial charge in [-0.2, -0.15) is 0 Å². The Kier molecular flexibility index (Phi) is 9.21. The monoisotopic (exact) mass is 443 g/mol. The number of aromatic nitrogens is 1. The van der Waals surface area contributed by atoms with Crippen LogP contribution in [-0.4, -0.2) is 4.98 Å². The van der Waals surface area contributed by atoms with Gasteiger partial charge in [-0.1, -0.05) is 82.2 Å². The summed E-state index contributed by atoms with van der Waals surface area (Å²) >= 11 is 0. The summed E-state index contributed by atoms with van der Waals surface area (Å²) in [7, 11) is 0. The summed E-state index contributed by atoms with van der Waals surface area (Å²) in [5.74, 6) is 1.79. The minimum atomic E-state index is 0.758. The van der Waals surface area contributed by atoms with E-state index < -0.39 is 0 Å². The topological polar surface area (TPSA) is 12.9 Å². The van der Waals surface area contributed by atoms with Gasteiger partial charge in [-0.15, -0.1) is 0 Å². The first-order valence-corrected chi connectivity index (χ1v) is 13.9. The number of pyridine rings is 1. The van der Waals surface area contributed by atoms with Crippen LogP contribution in [0.2, 0.25) is 0 Å². The summed E-state index contributed by atoms with van der Waals surface area (Å²) < 4.78 is 0. The van der Waals surface area contributed by atoms with Crippen LogP contribution in [0.1, 0.15) is 112 Å². The zero-order valence-electron chi connectivity index (χ0n) is 21.2. The highest BCUT2D eigenvalue weighted by Gasteiger charge is 2.16. The number of hydrogen-bond donors (Lipinski definition) is 0. The summed E-state index contributed by atoms with van der Waals surface area (Å²) in [5.41, 5.74) is 8.70. The number of nitrogens with zero attached hydrogens (tertiary/aromatic N) is 1. The van der Waals surface area contributed by atoms with Crippen LogP contribution in [-0.2, 0) is 25.7 Å². The van der Waals surface area contributed by atoms with Crippen molar-refractivity contribution in [3.05, 3.63) is 70.6 Å². The lowest BCUT2D eigenvalue weighted by atomic mass is 9.85. The lowest BCUT2D eigenvalue weighted by molar-refractivity contribution is 0.330. The third-order valence-corrected chi connectivity index (χ3v) is 8.14. The van der Waals surface area contributed by atoms with Crippen molar-refractivity contribution in [2.45, 2.75) is 110 Å². The maximum absolute atomic E-state index is 4.82. The van der Waals surface area contributed by atoms with Crippen LogP contribution in [0.3, 0.4) is 0 Å². The molecule has 178 valence electrons. The molecule has 0 radical (unpaired) electrons. The smallest absolute Gasteiger partial charge is 0.0481 e. The van der Waals surface area contributed by atoms with Gasteiger partial charge in [-0.25, -0.2) is 0 Å². The molecule has 1 atom stereocenters. The van der Waals surface area contributed by atoms with E-state index in [0.717, 1.165) is 24.7 Å². The fourth-order valence-electron chi connectivity index (χ4n) is 6.13. The van der Waals surface area contributed by atoms with Crippen LogP contribution in [0.5, 0.6) is 0 Å². The molecule has 2 aromatic rings. The average Bonchev–Trinajstić information content (AvgIpc) is 2.82. The van der Waals surface area contributed by atoms with Gasteiger partial charge in [0.15, 0.2) is 0 Å². The predicted octanol–water partition coefficient (Wildman–Crippen LogP) is 8.93. The summed E-state index contributed by atoms with van der Waals surface area (Å²) in [6.07, 6.45) is 24.4. The zero-order chi connectivity index (χ0) is 22.9. The van der Waals surface area contributed by atoms with Crippen molar-refractivity contribution in [2.75, 3.05) is 0 Å². The second kappa shape index (κ2) is 12.5. The molecule has 1 heteroatoms. The largest absolute Gasteiger partial charge is 0.261 e. The van der Waals surface area contributed by atoms with Crippen molar-refractivity contribution in [1.82, 2.24) is 4.98 Å². The molecule has 0 amide bonds. The first-order valence-electron chi connectivity index (χ1n) is 13.9. The van der Waals surface area contributed by atoms with Crippen molar-refractivity contribution in [3.8, 4) is 0 Å². The second-order valence-corrected chi connectivity index (χ2v) is 11.0. The van der Waals surface area contributed by atoms with Crippen LogP contribution < -0.4 is 0 Å². The molecule has 0 saturated heterocycles. The van der Waals surface area contributed by atoms with Gasteiger partial charge in [0.25, 0.3) is 0 Å². The summed E-state index contributed by atoms with van der Waals surface area (Å²) in [6, 6.07) is 11.7. The average molecular weight is 444 g/mol. The Morgan fingerprint density at radius 2 is 1.55 bits per heavy atom. The van der Waals surface area contributed by atoms with E-state index >= 15 is 0 Å². The molecule has 1 aromatic heterocycles. The number of unbranched alkanes of at least 4 members (excludes halogenated alkanes) is 1. The number of benzene rings is 1. The third-order valence-electron chi connectivity index (χ3n) is 8.14. The summed E-state index contributed by atoms with van der Waals surface area (Å²) in [6.45, 7) is 4.67. The Bertz CT molecular complexity index is 885. The molecule has 1 nitrogen and oxygen atoms in total. The van der Waals surface area contributed by atoms with Crippen molar-refractivity contribution in [3.63, 3.8) is 0 Å². The number of rotatable bonds is 9. The Balaban J connectivity index is 1.24. The van der Waals surface area contributed by atoms with E-state index in [0.29, 0.717) is 0 Å². The Labute approximate surface area is 203 Å². The van der Waals surface area contributed by atoms with E-state index in [1.807, 2.05) is 6.20 Å². The molecule has 0 N–H and O–H groups in total. The first kappa shape index (κ1) is 24.2. The highest BCUT2D eigenvalue weighted by molar-refractivity contribution is 5.68. The van der Waals surface area contributed by atoms with E-state index in [2.05, 4.69) is 50.3 Å². The van der Waals surface area contributed by atoms with E-state index in [1.165, 1.54) is 117 Å². The Morgan fingerprint density at radius 3 is 2.30 bits per heavy atom. The predicted molar refractivity (Wildman–Crippen MR) is 143 cm³/mol. The van der Waals surface area contributed by atoms with Gasteiger partial charge in [0.2, 0.25) is 0 Å². The Morgan fingerprint density at radius 1 is 0.818 bits per heavy atom. The van der Waals surface area contributed by atoms with Gasteiger partial charge in [-0.3, -0.25) is 4.98 Å². The highest BCUT2D eigenvalue weighted by atomic mass is 14.7. The van der Waals surface area contributed by atoms with Crippen LogP contribution in [0.25, 0.3) is 5.57 Å². The fourth-order valence-corrected chi connectivity index (χ4v) is 6.13. The molecule has 1 aromatic carbocycles. The van der Waals surface area contributed by atoms with Gasteiger partial charge >= 0.3 is 0 Å². The van der Waals surface area contributed by atoms with Crippen molar-refractivity contribution in [1.29, 1.82) is 0 Å². The lowest BCUT2D eigenvalue weighted by Crippen LogP contribution is -2.09. The summed E-state index contributed by atoms with van der Waals surface area (Å²) in [5, 5.41) is 0. The summed E-state index contributed by atoms with van der Waals surface area (Å²) in [4.78, 5) is 4.82. The molecule has 33 heavy (non-hydrogen) atoms. The van der Waals surface area contributed by atoms with E-state index in [1.54, 1.807) is 0 Å². The highest BCUT2D eigenvalue weighted by Crippen LogP contribution is 2.30. The maximum Gasteiger partial charge on any atom is 0.0481 e. The number of aryl methyl sites for hydroxylation is 3. The molecule has 1 heterocycles. The lowest BCUT2D eigenvalue weighted by Gasteiger charge is -2.21. The second-order valence-electron chi connectivity index (χ2n) is 11.0. The van der Waals surface area contributed by atoms with Crippen LogP contribution in [0.4, 0.5) is 0 Å². The first-order chi connectivity index (χ1) is 16.2. The van der Waals surface area contributed by atoms with Gasteiger partial charge in [0.1, 0.15) is 0 Å². The zero-order valence-corrected chi connectivity index (χ0v) is 21.2. The van der Waals surface area contributed by atoms with Crippen molar-refractivity contribution < 1.29 is 0 Å². The molecule has 0 aliphatic heterocycles. The molecule has 0 bridgehead atoms. The SMILES string of the molecule is CC1=CCCC(C)Cc2ccnc(CCCc3ccc(CCCCC4CCCCC4)cc3)c21. The molecular weight excluding hydrogens is 398 g/mol. The molecule has 4 rings (SSSR count). The van der Waals surface area contributed by atoms with Crippen molar-refractivity contribution in [2.24, 2.45) is 11.8 Å². The molecule has 1 fully saturated rings. The molecule has 2 aliphatic rings. The minimum Gasteiger partial charge on any atom is -0.261 e. The van der Waals surface area contributed by atoms with Crippen LogP contribution >= 0.6 is 0 Å². The third kappa shape index (κ3) is 7.29. The van der Waals surface area contributed by atoms with Gasteiger partial charge < -0.3 is 0 Å². The fraction of sp³-hybridized carbons (Fsp3) is 0.594. The quantitative estimate of drug-likeness (QED) is 0.352. The van der Waals surface area contributed by atoms with E-state index in [-0.39, 0.29) is 0 Å². The van der Waals surface area contributed by atoms with Crippen LogP contribution in [0.15, 0.2) is 42.6 Å². The molecule has 1 unspecified atom stereocenters. The maximum atomic E-state index is 4.82. The minimum absolute atomic E-state index is 0.758. The normalized spacial score (nSPS) is 19.5. The van der Waals surface area contributed by atoms with Gasteiger partial charge in [0, 0.05) is 17.5 Å². The van der Waals surface area contributed by atoms with E-state index in [9.17, 15) is 0 Å². The molecule has 2 aliphatic carbocycles. The standard InChI is InChI=1S/C32H45N/c1-25-10-8-11-26(2)32-30(24-25)22-23-33-31(32)17-9-16-29-20-18-28(19-21-29)15-7-6-14-27-12-4-3-5-13-27/h11,18-23,25,27H,3-10,12-17,24H2,1-2H3. The van der Waals surface area contributed by atoms with Crippen LogP contribution in [0, 0.1) is 11.8 Å². The number of fused-ring (bicyclic) bond motifs is 1. The van der Waals surface area contributed by atoms with Gasteiger partial charge in [-0.05, 0) is 98.5 Å².